The molecule has 1 aliphatic heterocycles. The maximum atomic E-state index is 12.9. The van der Waals surface area contributed by atoms with Crippen LogP contribution in [-0.4, -0.2) is 70.2 Å². The Hall–Kier alpha value is -3.64. The number of hydrogen-bond donors (Lipinski definition) is 2. The lowest BCUT2D eigenvalue weighted by Gasteiger charge is -2.32. The first-order valence-corrected chi connectivity index (χ1v) is 16.2. The highest BCUT2D eigenvalue weighted by Gasteiger charge is 2.43. The maximum absolute atomic E-state index is 12.9. The molecule has 2 amide bonds. The van der Waals surface area contributed by atoms with Gasteiger partial charge in [0.1, 0.15) is 23.6 Å². The summed E-state index contributed by atoms with van der Waals surface area (Å²) in [4.78, 5) is 59.6. The minimum absolute atomic E-state index is 0.00596. The molecule has 1 aliphatic carbocycles. The van der Waals surface area contributed by atoms with Crippen LogP contribution in [0.5, 0.6) is 5.75 Å². The number of aryl methyl sites for hydroxylation is 1. The molecule has 2 aromatic rings. The molecule has 0 bridgehead atoms. The van der Waals surface area contributed by atoms with Gasteiger partial charge in [-0.05, 0) is 75.8 Å². The molecule has 1 unspecified atom stereocenters. The molecule has 2 N–H and O–H groups in total. The van der Waals surface area contributed by atoms with Gasteiger partial charge in [-0.15, -0.1) is 0 Å². The number of ketones is 1. The average Bonchev–Trinajstić information content (AvgIpc) is 3.55. The number of carbonyl (C=O) groups excluding carboxylic acids is 3. The number of aromatic amines is 1. The average molecular weight is 651 g/mol. The molecule has 1 saturated carbocycles. The van der Waals surface area contributed by atoms with E-state index in [1.54, 1.807) is 4.90 Å². The lowest BCUT2D eigenvalue weighted by Crippen LogP contribution is -2.49. The molecule has 254 valence electrons. The summed E-state index contributed by atoms with van der Waals surface area (Å²) in [6.07, 6.45) is 1.95. The highest BCUT2D eigenvalue weighted by Crippen LogP contribution is 2.41. The maximum Gasteiger partial charge on any atom is 0.422 e. The number of halogens is 3. The molecule has 0 radical (unpaired) electrons. The fourth-order valence-electron chi connectivity index (χ4n) is 6.68. The first-order valence-electron chi connectivity index (χ1n) is 16.2. The van der Waals surface area contributed by atoms with Crippen molar-refractivity contribution < 1.29 is 37.0 Å². The highest BCUT2D eigenvalue weighted by atomic mass is 19.4. The Kier molecular flexibility index (Phi) is 11.4. The van der Waals surface area contributed by atoms with E-state index in [9.17, 15) is 32.3 Å². The lowest BCUT2D eigenvalue weighted by atomic mass is 9.87. The van der Waals surface area contributed by atoms with Crippen molar-refractivity contribution in [2.75, 3.05) is 19.7 Å². The van der Waals surface area contributed by atoms with Crippen LogP contribution in [0.3, 0.4) is 0 Å². The molecular formula is C33H45F3N4O6. The quantitative estimate of drug-likeness (QED) is 0.266. The number of alkyl halides is 3. The van der Waals surface area contributed by atoms with Gasteiger partial charge in [-0.1, -0.05) is 33.6 Å². The standard InChI is InChI=1S/C33H45F3N4O6/c1-20(2)29(42)28-21(3)14-16-40(28)27(41)18-37-31(44)46-32(4)15-8-10-22(32)9-6-5-7-11-25-30(43)39-26-17-23(12-13-24(26)38-25)45-19-33(34,35)36/h12-13,17,20-22,28H,5-11,14-16,18-19H2,1-4H3,(H,37,44)(H,39,43)/t21-,22-,28+,32?/m1/s1. The number of hydrogen-bond acceptors (Lipinski definition) is 7. The number of carbonyl (C=O) groups is 3. The molecule has 1 saturated heterocycles. The number of ether oxygens (including phenoxy) is 2. The van der Waals surface area contributed by atoms with Crippen molar-refractivity contribution in [2.24, 2.45) is 17.8 Å². The number of fused-ring (bicyclic) bond motifs is 1. The van der Waals surface area contributed by atoms with Crippen molar-refractivity contribution in [1.29, 1.82) is 0 Å². The van der Waals surface area contributed by atoms with E-state index in [2.05, 4.69) is 15.3 Å². The van der Waals surface area contributed by atoms with Gasteiger partial charge in [0.05, 0.1) is 17.1 Å². The fraction of sp³-hybridized carbons (Fsp3) is 0.667. The second-order valence-corrected chi connectivity index (χ2v) is 13.2. The van der Waals surface area contributed by atoms with E-state index in [0.29, 0.717) is 29.7 Å². The van der Waals surface area contributed by atoms with Gasteiger partial charge >= 0.3 is 12.3 Å². The number of benzene rings is 1. The Balaban J connectivity index is 1.21. The van der Waals surface area contributed by atoms with Gasteiger partial charge in [0, 0.05) is 18.5 Å². The zero-order valence-electron chi connectivity index (χ0n) is 27.0. The van der Waals surface area contributed by atoms with Gasteiger partial charge in [-0.2, -0.15) is 13.2 Å². The number of nitrogens with zero attached hydrogens (tertiary/aromatic N) is 2. The summed E-state index contributed by atoms with van der Waals surface area (Å²) in [6, 6.07) is 3.78. The third-order valence-electron chi connectivity index (χ3n) is 9.28. The zero-order chi connectivity index (χ0) is 33.6. The van der Waals surface area contributed by atoms with Crippen molar-refractivity contribution in [2.45, 2.75) is 103 Å². The molecule has 46 heavy (non-hydrogen) atoms. The van der Waals surface area contributed by atoms with E-state index < -0.39 is 30.5 Å². The zero-order valence-corrected chi connectivity index (χ0v) is 27.0. The fourth-order valence-corrected chi connectivity index (χ4v) is 6.68. The third-order valence-corrected chi connectivity index (χ3v) is 9.28. The lowest BCUT2D eigenvalue weighted by molar-refractivity contribution is -0.153. The number of unbranched alkanes of at least 4 members (excludes halogenated alkanes) is 2. The van der Waals surface area contributed by atoms with E-state index in [1.165, 1.54) is 18.2 Å². The van der Waals surface area contributed by atoms with Gasteiger partial charge in [0.2, 0.25) is 5.91 Å². The molecule has 2 aliphatic rings. The van der Waals surface area contributed by atoms with Gasteiger partial charge in [-0.25, -0.2) is 9.78 Å². The van der Waals surface area contributed by atoms with Crippen LogP contribution >= 0.6 is 0 Å². The van der Waals surface area contributed by atoms with Crippen LogP contribution in [0.2, 0.25) is 0 Å². The number of likely N-dealkylation sites (tertiary alicyclic amines) is 1. The number of aromatic nitrogens is 2. The summed E-state index contributed by atoms with van der Waals surface area (Å²) < 4.78 is 47.9. The van der Waals surface area contributed by atoms with Gasteiger partial charge in [-0.3, -0.25) is 14.4 Å². The second kappa shape index (κ2) is 14.8. The summed E-state index contributed by atoms with van der Waals surface area (Å²) >= 11 is 0. The van der Waals surface area contributed by atoms with Crippen molar-refractivity contribution in [3.05, 3.63) is 34.2 Å². The molecule has 4 atom stereocenters. The minimum Gasteiger partial charge on any atom is -0.484 e. The number of H-pyrrole nitrogens is 1. The predicted octanol–water partition coefficient (Wildman–Crippen LogP) is 5.71. The van der Waals surface area contributed by atoms with E-state index >= 15 is 0 Å². The molecule has 1 aromatic heterocycles. The number of rotatable bonds is 13. The van der Waals surface area contributed by atoms with E-state index in [4.69, 9.17) is 9.47 Å². The van der Waals surface area contributed by atoms with Crippen LogP contribution in [0.15, 0.2) is 23.0 Å². The summed E-state index contributed by atoms with van der Waals surface area (Å²) in [5.74, 6) is -0.179. The Morgan fingerprint density at radius 2 is 1.93 bits per heavy atom. The SMILES string of the molecule is CC(C)C(=O)[C@@H]1[C@H](C)CCN1C(=O)CNC(=O)OC1(C)CCC[C@H]1CCCCCc1nc2ccc(OCC(F)(F)F)cc2[nH]c1=O. The Bertz CT molecular complexity index is 1460. The van der Waals surface area contributed by atoms with Gasteiger partial charge < -0.3 is 24.7 Å². The molecule has 2 heterocycles. The van der Waals surface area contributed by atoms with E-state index in [1.807, 2.05) is 27.7 Å². The smallest absolute Gasteiger partial charge is 0.422 e. The summed E-state index contributed by atoms with van der Waals surface area (Å²) in [5, 5.41) is 2.61. The van der Waals surface area contributed by atoms with E-state index in [-0.39, 0.29) is 47.3 Å². The van der Waals surface area contributed by atoms with Crippen molar-refractivity contribution in [1.82, 2.24) is 20.2 Å². The number of Topliss-reactive ketones (excluding diaryl/α,β-unsaturated/α-hetero) is 1. The largest absolute Gasteiger partial charge is 0.484 e. The number of alkyl carbamates (subject to hydrolysis) is 1. The van der Waals surface area contributed by atoms with Gasteiger partial charge in [0.25, 0.3) is 5.56 Å². The monoisotopic (exact) mass is 650 g/mol. The van der Waals surface area contributed by atoms with Crippen LogP contribution in [0, 0.1) is 17.8 Å². The molecule has 4 rings (SSSR count). The Labute approximate surface area is 266 Å². The molecule has 10 nitrogen and oxygen atoms in total. The second-order valence-electron chi connectivity index (χ2n) is 13.2. The first-order chi connectivity index (χ1) is 21.7. The van der Waals surface area contributed by atoms with Crippen LogP contribution in [0.1, 0.15) is 84.8 Å². The minimum atomic E-state index is -4.46. The molecule has 0 spiro atoms. The number of amides is 2. The Morgan fingerprint density at radius 3 is 2.65 bits per heavy atom. The molecule has 2 fully saturated rings. The van der Waals surface area contributed by atoms with Crippen molar-refractivity contribution in [3.63, 3.8) is 0 Å². The topological polar surface area (TPSA) is 131 Å². The summed E-state index contributed by atoms with van der Waals surface area (Å²) in [6.45, 7) is 6.42. The van der Waals surface area contributed by atoms with Crippen LogP contribution in [0.25, 0.3) is 11.0 Å². The molecule has 1 aromatic carbocycles. The molecule has 13 heteroatoms. The van der Waals surface area contributed by atoms with Crippen molar-refractivity contribution >= 4 is 28.8 Å². The van der Waals surface area contributed by atoms with E-state index in [0.717, 1.165) is 51.4 Å². The predicted molar refractivity (Wildman–Crippen MR) is 165 cm³/mol. The normalized spacial score (nSPS) is 23.2. The first kappa shape index (κ1) is 35.2. The van der Waals surface area contributed by atoms with Crippen LogP contribution in [0.4, 0.5) is 18.0 Å². The Morgan fingerprint density at radius 1 is 1.17 bits per heavy atom. The molecular weight excluding hydrogens is 605 g/mol. The third kappa shape index (κ3) is 9.00. The summed E-state index contributed by atoms with van der Waals surface area (Å²) in [5.41, 5.74) is 0.0959. The van der Waals surface area contributed by atoms with Crippen molar-refractivity contribution in [3.8, 4) is 5.75 Å². The summed E-state index contributed by atoms with van der Waals surface area (Å²) in [7, 11) is 0. The van der Waals surface area contributed by atoms with Crippen LogP contribution < -0.4 is 15.6 Å². The number of nitrogens with one attached hydrogen (secondary N) is 2. The van der Waals surface area contributed by atoms with Crippen LogP contribution in [-0.2, 0) is 20.7 Å². The van der Waals surface area contributed by atoms with Gasteiger partial charge in [0.15, 0.2) is 12.4 Å². The highest BCUT2D eigenvalue weighted by molar-refractivity contribution is 5.92.